The molecular weight excluding hydrogens is 837 g/mol. The van der Waals surface area contributed by atoms with E-state index in [1.807, 2.05) is 0 Å². The van der Waals surface area contributed by atoms with Crippen molar-refractivity contribution >= 4 is 11.9 Å². The van der Waals surface area contributed by atoms with E-state index in [2.05, 4.69) is 135 Å². The summed E-state index contributed by atoms with van der Waals surface area (Å²) in [7, 11) is 0. The van der Waals surface area contributed by atoms with Crippen molar-refractivity contribution in [2.45, 2.75) is 251 Å². The Balaban J connectivity index is 3.55. The number of rotatable bonds is 50. The largest absolute Gasteiger partial charge is 0.462 e. The number of aliphatic hydroxyl groups excluding tert-OH is 1. The van der Waals surface area contributed by atoms with Crippen LogP contribution >= 0.6 is 0 Å². The van der Waals surface area contributed by atoms with Crippen molar-refractivity contribution in [1.82, 2.24) is 0 Å². The van der Waals surface area contributed by atoms with E-state index in [0.29, 0.717) is 12.8 Å². The van der Waals surface area contributed by atoms with Gasteiger partial charge in [-0.25, -0.2) is 0 Å². The van der Waals surface area contributed by atoms with Gasteiger partial charge in [-0.05, 0) is 109 Å². The summed E-state index contributed by atoms with van der Waals surface area (Å²) in [5.74, 6) is -0.609. The first kappa shape index (κ1) is 64.3. The molecule has 0 heterocycles. The van der Waals surface area contributed by atoms with Crippen LogP contribution in [0.5, 0.6) is 0 Å². The van der Waals surface area contributed by atoms with Crippen molar-refractivity contribution in [2.75, 3.05) is 13.2 Å². The monoisotopic (exact) mass is 941 g/mol. The maximum atomic E-state index is 12.3. The maximum absolute atomic E-state index is 12.3. The molecule has 0 aliphatic heterocycles. The van der Waals surface area contributed by atoms with E-state index >= 15 is 0 Å². The van der Waals surface area contributed by atoms with Crippen molar-refractivity contribution in [2.24, 2.45) is 0 Å². The zero-order chi connectivity index (χ0) is 49.2. The number of hydrogen-bond donors (Lipinski definition) is 1. The molecule has 0 spiro atoms. The highest BCUT2D eigenvalue weighted by atomic mass is 16.6. The van der Waals surface area contributed by atoms with Gasteiger partial charge in [-0.2, -0.15) is 0 Å². The van der Waals surface area contributed by atoms with Gasteiger partial charge in [0, 0.05) is 12.8 Å². The van der Waals surface area contributed by atoms with Gasteiger partial charge in [-0.15, -0.1) is 0 Å². The second kappa shape index (κ2) is 57.6. The highest BCUT2D eigenvalue weighted by Gasteiger charge is 2.16. The molecule has 0 aromatic heterocycles. The minimum atomic E-state index is -0.786. The smallest absolute Gasteiger partial charge is 0.306 e. The molecule has 0 aromatic rings. The topological polar surface area (TPSA) is 72.8 Å². The molecule has 0 radical (unpaired) electrons. The summed E-state index contributed by atoms with van der Waals surface area (Å²) in [4.78, 5) is 24.5. The number of unbranched alkanes of at least 4 members (excludes halogenated alkanes) is 22. The molecular formula is C63H104O5. The summed E-state index contributed by atoms with van der Waals surface area (Å²) >= 11 is 0. The van der Waals surface area contributed by atoms with Crippen LogP contribution < -0.4 is 0 Å². The number of aliphatic hydroxyl groups is 1. The molecule has 68 heavy (non-hydrogen) atoms. The van der Waals surface area contributed by atoms with Crippen molar-refractivity contribution in [1.29, 1.82) is 0 Å². The molecule has 0 bridgehead atoms. The molecule has 0 aromatic carbocycles. The highest BCUT2D eigenvalue weighted by Crippen LogP contribution is 2.15. The zero-order valence-electron chi connectivity index (χ0n) is 44.1. The van der Waals surface area contributed by atoms with Crippen LogP contribution in [0.4, 0.5) is 0 Å². The molecule has 5 nitrogen and oxygen atoms in total. The van der Waals surface area contributed by atoms with Gasteiger partial charge in [0.2, 0.25) is 0 Å². The first-order chi connectivity index (χ1) is 33.6. The molecule has 386 valence electrons. The normalized spacial score (nSPS) is 13.2. The van der Waals surface area contributed by atoms with Gasteiger partial charge < -0.3 is 14.6 Å². The molecule has 0 aliphatic rings. The molecule has 1 atom stereocenters. The Morgan fingerprint density at radius 2 is 0.632 bits per heavy atom. The quantitative estimate of drug-likeness (QED) is 0.0374. The molecule has 5 heteroatoms. The minimum absolute atomic E-state index is 0.0784. The standard InChI is InChI=1S/C63H104O5/c1-3-5-7-9-11-13-15-17-19-21-23-24-25-26-27-28-29-30-31-32-33-34-35-36-37-38-40-42-44-46-48-50-52-54-56-58-63(66)68-61(59-64)60-67-62(65)57-55-53-51-49-47-45-43-41-39-22-20-18-16-14-12-10-8-6-4-2/h5,7,11-14,17-20,23-24,26-27,29-30,32-33,39,41,61,64H,3-4,6,8-10,15-16,21-22,25,28,31,34-38,40,42-60H2,1-2H3/b7-5-,13-11-,14-12-,19-17-,20-18-,24-23-,27-26-,30-29-,33-32-,41-39-. The fourth-order valence-electron chi connectivity index (χ4n) is 7.54. The van der Waals surface area contributed by atoms with Gasteiger partial charge in [0.15, 0.2) is 6.10 Å². The van der Waals surface area contributed by atoms with Crippen LogP contribution in [0.3, 0.4) is 0 Å². The third-order valence-corrected chi connectivity index (χ3v) is 11.7. The molecule has 0 rings (SSSR count). The van der Waals surface area contributed by atoms with Gasteiger partial charge in [0.25, 0.3) is 0 Å². The third kappa shape index (κ3) is 54.9. The maximum Gasteiger partial charge on any atom is 0.306 e. The Hall–Kier alpha value is -3.70. The van der Waals surface area contributed by atoms with E-state index in [0.717, 1.165) is 103 Å². The summed E-state index contributed by atoms with van der Waals surface area (Å²) in [6, 6.07) is 0. The third-order valence-electron chi connectivity index (χ3n) is 11.7. The second-order valence-corrected chi connectivity index (χ2v) is 18.3. The summed E-state index contributed by atoms with van der Waals surface area (Å²) in [5, 5.41) is 9.65. The minimum Gasteiger partial charge on any atom is -0.462 e. The van der Waals surface area contributed by atoms with Gasteiger partial charge in [0.1, 0.15) is 6.61 Å². The Kier molecular flexibility index (Phi) is 54.5. The Bertz CT molecular complexity index is 1390. The first-order valence-corrected chi connectivity index (χ1v) is 28.1. The lowest BCUT2D eigenvalue weighted by Gasteiger charge is -2.15. The van der Waals surface area contributed by atoms with E-state index in [9.17, 15) is 14.7 Å². The van der Waals surface area contributed by atoms with E-state index in [1.165, 1.54) is 116 Å². The van der Waals surface area contributed by atoms with Gasteiger partial charge in [0.05, 0.1) is 6.61 Å². The molecule has 0 amide bonds. The van der Waals surface area contributed by atoms with Crippen molar-refractivity contribution < 1.29 is 24.2 Å². The molecule has 0 fully saturated rings. The number of ether oxygens (including phenoxy) is 2. The SMILES string of the molecule is CC/C=C\C/C=C\C/C=C\C/C=C\C/C=C\C/C=C\C/C=C\CCCCCCCCCCCCCCCC(=O)OC(CO)COC(=O)CCCCCCCC/C=C\C/C=C\C/C=C\CCCCC. The van der Waals surface area contributed by atoms with E-state index in [4.69, 9.17) is 9.47 Å². The average molecular weight is 942 g/mol. The lowest BCUT2D eigenvalue weighted by atomic mass is 10.0. The van der Waals surface area contributed by atoms with Gasteiger partial charge >= 0.3 is 11.9 Å². The second-order valence-electron chi connectivity index (χ2n) is 18.3. The van der Waals surface area contributed by atoms with Gasteiger partial charge in [-0.1, -0.05) is 245 Å². The zero-order valence-corrected chi connectivity index (χ0v) is 44.1. The Morgan fingerprint density at radius 3 is 0.956 bits per heavy atom. The van der Waals surface area contributed by atoms with Crippen molar-refractivity contribution in [3.63, 3.8) is 0 Å². The number of allylic oxidation sites excluding steroid dienone is 20. The molecule has 0 aliphatic carbocycles. The van der Waals surface area contributed by atoms with Crippen LogP contribution in [-0.2, 0) is 19.1 Å². The molecule has 1 N–H and O–H groups in total. The molecule has 1 unspecified atom stereocenters. The van der Waals surface area contributed by atoms with Crippen LogP contribution in [0.1, 0.15) is 245 Å². The van der Waals surface area contributed by atoms with Crippen molar-refractivity contribution in [3.8, 4) is 0 Å². The van der Waals surface area contributed by atoms with Crippen LogP contribution in [-0.4, -0.2) is 36.4 Å². The highest BCUT2D eigenvalue weighted by molar-refractivity contribution is 5.70. The van der Waals surface area contributed by atoms with E-state index in [-0.39, 0.29) is 25.2 Å². The molecule has 0 saturated carbocycles. The summed E-state index contributed by atoms with van der Waals surface area (Å²) in [5.41, 5.74) is 0. The summed E-state index contributed by atoms with van der Waals surface area (Å²) in [6.45, 7) is 3.99. The van der Waals surface area contributed by atoms with E-state index in [1.54, 1.807) is 0 Å². The summed E-state index contributed by atoms with van der Waals surface area (Å²) in [6.07, 6.45) is 84.5. The lowest BCUT2D eigenvalue weighted by molar-refractivity contribution is -0.161. The lowest BCUT2D eigenvalue weighted by Crippen LogP contribution is -2.28. The van der Waals surface area contributed by atoms with E-state index < -0.39 is 6.10 Å². The number of carbonyl (C=O) groups is 2. The predicted octanol–water partition coefficient (Wildman–Crippen LogP) is 19.1. The van der Waals surface area contributed by atoms with Crippen LogP contribution in [0.25, 0.3) is 0 Å². The predicted molar refractivity (Wildman–Crippen MR) is 297 cm³/mol. The van der Waals surface area contributed by atoms with Gasteiger partial charge in [-0.3, -0.25) is 9.59 Å². The fraction of sp³-hybridized carbons (Fsp3) is 0.651. The Labute approximate surface area is 420 Å². The number of carbonyl (C=O) groups excluding carboxylic acids is 2. The molecule has 0 saturated heterocycles. The van der Waals surface area contributed by atoms with Crippen molar-refractivity contribution in [3.05, 3.63) is 122 Å². The number of hydrogen-bond acceptors (Lipinski definition) is 5. The average Bonchev–Trinajstić information content (AvgIpc) is 3.34. The van der Waals surface area contributed by atoms with Crippen LogP contribution in [0.2, 0.25) is 0 Å². The fourth-order valence-corrected chi connectivity index (χ4v) is 7.54. The Morgan fingerprint density at radius 1 is 0.353 bits per heavy atom. The first-order valence-electron chi connectivity index (χ1n) is 28.1. The van der Waals surface area contributed by atoms with Crippen LogP contribution in [0, 0.1) is 0 Å². The summed E-state index contributed by atoms with van der Waals surface area (Å²) < 4.78 is 10.7. The van der Waals surface area contributed by atoms with Crippen LogP contribution in [0.15, 0.2) is 122 Å². The number of esters is 2.